The normalized spacial score (nSPS) is 10.4. The zero-order chi connectivity index (χ0) is 11.4. The third-order valence-electron chi connectivity index (χ3n) is 2.30. The van der Waals surface area contributed by atoms with Crippen molar-refractivity contribution in [3.8, 4) is 0 Å². The minimum absolute atomic E-state index is 0.0687. The Morgan fingerprint density at radius 3 is 2.53 bits per heavy atom. The van der Waals surface area contributed by atoms with Gasteiger partial charge in [0.05, 0.1) is 10.7 Å². The molecule has 0 aliphatic heterocycles. The van der Waals surface area contributed by atoms with Crippen LogP contribution in [0.25, 0.3) is 0 Å². The monoisotopic (exact) mass is 229 g/mol. The van der Waals surface area contributed by atoms with Gasteiger partial charge >= 0.3 is 0 Å². The van der Waals surface area contributed by atoms with Crippen molar-refractivity contribution in [2.75, 3.05) is 13.1 Å². The second-order valence-electron chi connectivity index (χ2n) is 3.33. The summed E-state index contributed by atoms with van der Waals surface area (Å²) in [5.74, 6) is 0.0687. The van der Waals surface area contributed by atoms with Gasteiger partial charge in [-0.1, -0.05) is 11.6 Å². The van der Waals surface area contributed by atoms with E-state index in [1.807, 2.05) is 20.8 Å². The summed E-state index contributed by atoms with van der Waals surface area (Å²) in [5.41, 5.74) is 0.754. The maximum Gasteiger partial charge on any atom is 0.244 e. The number of hydrogen-bond acceptors (Lipinski definition) is 2. The summed E-state index contributed by atoms with van der Waals surface area (Å²) >= 11 is 5.85. The third-order valence-corrected chi connectivity index (χ3v) is 2.67. The Morgan fingerprint density at radius 2 is 2.13 bits per heavy atom. The van der Waals surface area contributed by atoms with Crippen LogP contribution in [0.3, 0.4) is 0 Å². The molecule has 1 heterocycles. The summed E-state index contributed by atoms with van der Waals surface area (Å²) in [4.78, 5) is 13.5. The number of carbonyl (C=O) groups excluding carboxylic acids is 1. The smallest absolute Gasteiger partial charge is 0.244 e. The van der Waals surface area contributed by atoms with E-state index >= 15 is 0 Å². The summed E-state index contributed by atoms with van der Waals surface area (Å²) in [6.45, 7) is 7.45. The Bertz CT molecular complexity index is 325. The fourth-order valence-corrected chi connectivity index (χ4v) is 1.54. The SMILES string of the molecule is CCN(CC)C(=O)Cn1cc(Cl)c(C)n1. The molecule has 0 bridgehead atoms. The van der Waals surface area contributed by atoms with E-state index in [1.165, 1.54) is 0 Å². The fraction of sp³-hybridized carbons (Fsp3) is 0.600. The van der Waals surface area contributed by atoms with Gasteiger partial charge in [-0.15, -0.1) is 0 Å². The first-order chi connectivity index (χ1) is 7.08. The van der Waals surface area contributed by atoms with E-state index < -0.39 is 0 Å². The van der Waals surface area contributed by atoms with Gasteiger partial charge in [-0.25, -0.2) is 0 Å². The zero-order valence-electron chi connectivity index (χ0n) is 9.33. The van der Waals surface area contributed by atoms with Crippen LogP contribution < -0.4 is 0 Å². The topological polar surface area (TPSA) is 38.1 Å². The van der Waals surface area contributed by atoms with Crippen molar-refractivity contribution in [3.63, 3.8) is 0 Å². The number of aryl methyl sites for hydroxylation is 1. The molecule has 15 heavy (non-hydrogen) atoms. The molecule has 0 fully saturated rings. The van der Waals surface area contributed by atoms with Gasteiger partial charge in [0.2, 0.25) is 5.91 Å². The van der Waals surface area contributed by atoms with E-state index in [0.717, 1.165) is 18.8 Å². The quantitative estimate of drug-likeness (QED) is 0.789. The third kappa shape index (κ3) is 2.96. The average Bonchev–Trinajstić information content (AvgIpc) is 2.47. The van der Waals surface area contributed by atoms with Gasteiger partial charge in [-0.3, -0.25) is 9.48 Å². The van der Waals surface area contributed by atoms with Crippen LogP contribution in [0, 0.1) is 6.92 Å². The molecule has 0 saturated heterocycles. The highest BCUT2D eigenvalue weighted by atomic mass is 35.5. The Kier molecular flexibility index (Phi) is 4.15. The predicted molar refractivity (Wildman–Crippen MR) is 59.9 cm³/mol. The van der Waals surface area contributed by atoms with Crippen molar-refractivity contribution in [2.24, 2.45) is 0 Å². The van der Waals surface area contributed by atoms with Crippen molar-refractivity contribution in [2.45, 2.75) is 27.3 Å². The number of hydrogen-bond donors (Lipinski definition) is 0. The van der Waals surface area contributed by atoms with E-state index in [-0.39, 0.29) is 12.5 Å². The minimum atomic E-state index is 0.0687. The lowest BCUT2D eigenvalue weighted by Gasteiger charge is -2.18. The Labute approximate surface area is 94.8 Å². The number of halogens is 1. The van der Waals surface area contributed by atoms with E-state index in [1.54, 1.807) is 15.8 Å². The van der Waals surface area contributed by atoms with Gasteiger partial charge < -0.3 is 4.90 Å². The molecule has 4 nitrogen and oxygen atoms in total. The first-order valence-corrected chi connectivity index (χ1v) is 5.43. The minimum Gasteiger partial charge on any atom is -0.342 e. The van der Waals surface area contributed by atoms with Crippen molar-refractivity contribution >= 4 is 17.5 Å². The van der Waals surface area contributed by atoms with Crippen LogP contribution in [0.5, 0.6) is 0 Å². The Hall–Kier alpha value is -1.03. The van der Waals surface area contributed by atoms with Crippen LogP contribution >= 0.6 is 11.6 Å². The van der Waals surface area contributed by atoms with Crippen molar-refractivity contribution < 1.29 is 4.79 Å². The molecule has 0 atom stereocenters. The van der Waals surface area contributed by atoms with Crippen molar-refractivity contribution in [1.29, 1.82) is 0 Å². The van der Waals surface area contributed by atoms with E-state index in [4.69, 9.17) is 11.6 Å². The number of carbonyl (C=O) groups is 1. The molecular weight excluding hydrogens is 214 g/mol. The molecule has 0 radical (unpaired) electrons. The molecule has 0 unspecified atom stereocenters. The number of nitrogens with zero attached hydrogens (tertiary/aromatic N) is 3. The Balaban J connectivity index is 2.65. The Morgan fingerprint density at radius 1 is 1.53 bits per heavy atom. The van der Waals surface area contributed by atoms with Crippen molar-refractivity contribution in [3.05, 3.63) is 16.9 Å². The molecular formula is C10H16ClN3O. The molecule has 0 aliphatic rings. The van der Waals surface area contributed by atoms with Gasteiger partial charge in [0.25, 0.3) is 0 Å². The molecule has 0 spiro atoms. The zero-order valence-corrected chi connectivity index (χ0v) is 10.1. The van der Waals surface area contributed by atoms with Crippen LogP contribution in [0.2, 0.25) is 5.02 Å². The molecule has 1 aromatic heterocycles. The number of amides is 1. The maximum atomic E-state index is 11.7. The van der Waals surface area contributed by atoms with Gasteiger partial charge in [-0.2, -0.15) is 5.10 Å². The number of likely N-dealkylation sites (N-methyl/N-ethyl adjacent to an activating group) is 1. The summed E-state index contributed by atoms with van der Waals surface area (Å²) < 4.78 is 1.58. The summed E-state index contributed by atoms with van der Waals surface area (Å²) in [6, 6.07) is 0. The van der Waals surface area contributed by atoms with E-state index in [0.29, 0.717) is 5.02 Å². The van der Waals surface area contributed by atoms with Gasteiger partial charge in [0, 0.05) is 19.3 Å². The molecule has 0 aliphatic carbocycles. The first kappa shape index (κ1) is 12.0. The van der Waals surface area contributed by atoms with Crippen LogP contribution in [0.1, 0.15) is 19.5 Å². The number of rotatable bonds is 4. The summed E-state index contributed by atoms with van der Waals surface area (Å²) in [6.07, 6.45) is 1.68. The van der Waals surface area contributed by atoms with Crippen LogP contribution in [0.15, 0.2) is 6.20 Å². The molecule has 0 aromatic carbocycles. The average molecular weight is 230 g/mol. The molecule has 1 aromatic rings. The highest BCUT2D eigenvalue weighted by molar-refractivity contribution is 6.31. The second-order valence-corrected chi connectivity index (χ2v) is 3.73. The number of aromatic nitrogens is 2. The highest BCUT2D eigenvalue weighted by Crippen LogP contribution is 2.11. The first-order valence-electron chi connectivity index (χ1n) is 5.05. The van der Waals surface area contributed by atoms with Gasteiger partial charge in [0.15, 0.2) is 0 Å². The van der Waals surface area contributed by atoms with Gasteiger partial charge in [0.1, 0.15) is 6.54 Å². The molecule has 84 valence electrons. The molecule has 1 rings (SSSR count). The van der Waals surface area contributed by atoms with Crippen LogP contribution in [-0.4, -0.2) is 33.7 Å². The second kappa shape index (κ2) is 5.16. The van der Waals surface area contributed by atoms with Crippen LogP contribution in [0.4, 0.5) is 0 Å². The lowest BCUT2D eigenvalue weighted by Crippen LogP contribution is -2.33. The molecule has 1 amide bonds. The summed E-state index contributed by atoms with van der Waals surface area (Å²) in [7, 11) is 0. The lowest BCUT2D eigenvalue weighted by atomic mass is 10.4. The standard InChI is InChI=1S/C10H16ClN3O/c1-4-13(5-2)10(15)7-14-6-9(11)8(3)12-14/h6H,4-5,7H2,1-3H3. The largest absolute Gasteiger partial charge is 0.342 e. The van der Waals surface area contributed by atoms with E-state index in [2.05, 4.69) is 5.10 Å². The highest BCUT2D eigenvalue weighted by Gasteiger charge is 2.11. The van der Waals surface area contributed by atoms with Gasteiger partial charge in [-0.05, 0) is 20.8 Å². The molecule has 5 heteroatoms. The van der Waals surface area contributed by atoms with Crippen LogP contribution in [-0.2, 0) is 11.3 Å². The van der Waals surface area contributed by atoms with Crippen molar-refractivity contribution in [1.82, 2.24) is 14.7 Å². The fourth-order valence-electron chi connectivity index (χ4n) is 1.39. The maximum absolute atomic E-state index is 11.7. The van der Waals surface area contributed by atoms with E-state index in [9.17, 15) is 4.79 Å². The summed E-state index contributed by atoms with van der Waals surface area (Å²) in [5, 5.41) is 4.74. The lowest BCUT2D eigenvalue weighted by molar-refractivity contribution is -0.131. The molecule has 0 saturated carbocycles. The predicted octanol–water partition coefficient (Wildman–Crippen LogP) is 1.71. The molecule has 0 N–H and O–H groups in total.